The average Bonchev–Trinajstić information content (AvgIpc) is 3.43. The fourth-order valence-electron chi connectivity index (χ4n) is 9.83. The van der Waals surface area contributed by atoms with Gasteiger partial charge in [0.15, 0.2) is 0 Å². The summed E-state index contributed by atoms with van der Waals surface area (Å²) in [5.74, 6) is -17.9. The Morgan fingerprint density at radius 2 is 1.56 bits per heavy atom. The van der Waals surface area contributed by atoms with Crippen molar-refractivity contribution >= 4 is 5.97 Å². The van der Waals surface area contributed by atoms with Crippen molar-refractivity contribution in [1.82, 2.24) is 4.90 Å². The summed E-state index contributed by atoms with van der Waals surface area (Å²) in [5.41, 5.74) is 0.807. The quantitative estimate of drug-likeness (QED) is 0.107. The van der Waals surface area contributed by atoms with Crippen molar-refractivity contribution < 1.29 is 59.3 Å². The number of carbonyl (C=O) groups excluding carboxylic acids is 1. The van der Waals surface area contributed by atoms with Crippen molar-refractivity contribution in [3.05, 3.63) is 29.3 Å². The maximum atomic E-state index is 13.7. The number of phenolic OH excluding ortho intramolecular Hbond substituents is 1. The molecule has 3 aliphatic carbocycles. The Morgan fingerprint density at radius 1 is 0.920 bits per heavy atom. The molecule has 1 heterocycles. The SMILES string of the molecule is CN(CCCCCCC(F)(F)C(F)(F)C(F)(F)C(F)(F)F)CCCCC[C@H]1C[C@@]2(C)[C@@H](CC3OC(=O)C[C@@]32O)[C@@H]2CCc3cc(O)ccc3[C@@H]12. The summed E-state index contributed by atoms with van der Waals surface area (Å²) >= 11 is 0. The number of alkyl halides is 9. The summed E-state index contributed by atoms with van der Waals surface area (Å²) in [6, 6.07) is 5.65. The third-order valence-corrected chi connectivity index (χ3v) is 12.5. The van der Waals surface area contributed by atoms with Gasteiger partial charge in [-0.05, 0) is 118 Å². The number of unbranched alkanes of at least 4 members (excludes halogenated alkanes) is 5. The topological polar surface area (TPSA) is 70.0 Å². The number of nitrogens with zero attached hydrogens (tertiary/aromatic N) is 1. The molecule has 284 valence electrons. The number of esters is 1. The van der Waals surface area contributed by atoms with Gasteiger partial charge >= 0.3 is 29.9 Å². The standard InChI is InChI=1S/C36H48F9NO4/c1-31-20-23(30-25-14-12-24(47)18-22(25)11-13-26(30)27(31)19-28-32(31,49)21-29(48)50-28)10-6-5-9-17-46(2)16-8-4-3-7-15-33(37,38)34(39,40)35(41,42)36(43,44)45/h12,14,18,23,26-28,30,47,49H,3-11,13,15-17,19-21H2,1-2H3/t23-,26-,27-,28?,30+,31-,32+/m0/s1. The van der Waals surface area contributed by atoms with Gasteiger partial charge in [0.2, 0.25) is 0 Å². The van der Waals surface area contributed by atoms with Gasteiger partial charge in [-0.3, -0.25) is 4.79 Å². The molecule has 2 N–H and O–H groups in total. The summed E-state index contributed by atoms with van der Waals surface area (Å²) in [5, 5.41) is 22.1. The fourth-order valence-corrected chi connectivity index (χ4v) is 9.83. The molecule has 0 aromatic heterocycles. The van der Waals surface area contributed by atoms with Crippen LogP contribution in [0.4, 0.5) is 39.5 Å². The summed E-state index contributed by atoms with van der Waals surface area (Å²) in [4.78, 5) is 14.3. The maximum Gasteiger partial charge on any atom is 0.460 e. The Kier molecular flexibility index (Phi) is 10.9. The molecule has 4 aliphatic rings. The molecule has 14 heteroatoms. The predicted molar refractivity (Wildman–Crippen MR) is 166 cm³/mol. The minimum Gasteiger partial charge on any atom is -0.508 e. The molecule has 1 unspecified atom stereocenters. The van der Waals surface area contributed by atoms with E-state index >= 15 is 0 Å². The molecule has 0 bridgehead atoms. The van der Waals surface area contributed by atoms with E-state index in [9.17, 15) is 54.5 Å². The van der Waals surface area contributed by atoms with Crippen LogP contribution >= 0.6 is 0 Å². The first-order chi connectivity index (χ1) is 23.2. The Labute approximate surface area is 286 Å². The molecule has 0 radical (unpaired) electrons. The summed E-state index contributed by atoms with van der Waals surface area (Å²) in [7, 11) is 1.89. The lowest BCUT2D eigenvalue weighted by molar-refractivity contribution is -0.396. The molecule has 2 saturated carbocycles. The molecule has 1 aliphatic heterocycles. The van der Waals surface area contributed by atoms with Gasteiger partial charge in [-0.1, -0.05) is 38.7 Å². The first kappa shape index (κ1) is 39.0. The molecule has 0 spiro atoms. The zero-order chi connectivity index (χ0) is 36.9. The minimum atomic E-state index is -6.84. The predicted octanol–water partition coefficient (Wildman–Crippen LogP) is 9.04. The van der Waals surface area contributed by atoms with Crippen molar-refractivity contribution in [2.75, 3.05) is 20.1 Å². The van der Waals surface area contributed by atoms with Gasteiger partial charge in [-0.15, -0.1) is 0 Å². The lowest BCUT2D eigenvalue weighted by Crippen LogP contribution is -2.60. The Hall–Kier alpha value is -2.22. The van der Waals surface area contributed by atoms with E-state index in [0.29, 0.717) is 31.7 Å². The van der Waals surface area contributed by atoms with Gasteiger partial charge in [0.1, 0.15) is 17.5 Å². The van der Waals surface area contributed by atoms with Gasteiger partial charge in [-0.2, -0.15) is 39.5 Å². The Bertz CT molecular complexity index is 1370. The van der Waals surface area contributed by atoms with Crippen LogP contribution in [0.15, 0.2) is 18.2 Å². The highest BCUT2D eigenvalue weighted by Gasteiger charge is 2.81. The number of ether oxygens (including phenoxy) is 1. The number of halogens is 9. The number of hydrogen-bond acceptors (Lipinski definition) is 5. The van der Waals surface area contributed by atoms with Crippen LogP contribution in [0.5, 0.6) is 5.75 Å². The number of carbonyl (C=O) groups is 1. The van der Waals surface area contributed by atoms with Crippen LogP contribution in [0.3, 0.4) is 0 Å². The van der Waals surface area contributed by atoms with Crippen LogP contribution in [-0.4, -0.2) is 76.9 Å². The van der Waals surface area contributed by atoms with E-state index in [-0.39, 0.29) is 42.3 Å². The highest BCUT2D eigenvalue weighted by Crippen LogP contribution is 2.69. The van der Waals surface area contributed by atoms with E-state index in [1.54, 1.807) is 6.07 Å². The average molecular weight is 730 g/mol. The van der Waals surface area contributed by atoms with Crippen LogP contribution in [-0.2, 0) is 16.0 Å². The number of rotatable bonds is 15. The lowest BCUT2D eigenvalue weighted by atomic mass is 9.49. The first-order valence-electron chi connectivity index (χ1n) is 17.8. The van der Waals surface area contributed by atoms with Gasteiger partial charge < -0.3 is 19.8 Å². The highest BCUT2D eigenvalue weighted by atomic mass is 19.4. The Morgan fingerprint density at radius 3 is 2.22 bits per heavy atom. The number of aryl methyl sites for hydroxylation is 1. The van der Waals surface area contributed by atoms with E-state index in [0.717, 1.165) is 51.5 Å². The van der Waals surface area contributed by atoms with E-state index < -0.39 is 53.9 Å². The number of aromatic hydroxyl groups is 1. The maximum absolute atomic E-state index is 13.7. The van der Waals surface area contributed by atoms with Crippen molar-refractivity contribution in [2.45, 2.75) is 138 Å². The number of aliphatic hydroxyl groups is 1. The van der Waals surface area contributed by atoms with Gasteiger partial charge in [0.25, 0.3) is 0 Å². The summed E-state index contributed by atoms with van der Waals surface area (Å²) in [6.07, 6.45) is -1.89. The number of benzene rings is 1. The summed E-state index contributed by atoms with van der Waals surface area (Å²) < 4.78 is 123. The number of fused-ring (bicyclic) bond motifs is 7. The molecule has 5 nitrogen and oxygen atoms in total. The molecule has 1 saturated heterocycles. The van der Waals surface area contributed by atoms with Gasteiger partial charge in [0.05, 0.1) is 6.42 Å². The third-order valence-electron chi connectivity index (χ3n) is 12.5. The van der Waals surface area contributed by atoms with E-state index in [1.165, 1.54) is 11.1 Å². The normalized spacial score (nSPS) is 31.3. The van der Waals surface area contributed by atoms with Crippen molar-refractivity contribution in [1.29, 1.82) is 0 Å². The van der Waals surface area contributed by atoms with Crippen LogP contribution in [0.1, 0.15) is 107 Å². The molecular weight excluding hydrogens is 681 g/mol. The van der Waals surface area contributed by atoms with Crippen LogP contribution in [0.25, 0.3) is 0 Å². The minimum absolute atomic E-state index is 0.0146. The molecule has 3 fully saturated rings. The fraction of sp³-hybridized carbons (Fsp3) is 0.806. The zero-order valence-electron chi connectivity index (χ0n) is 28.5. The lowest BCUT2D eigenvalue weighted by Gasteiger charge is -2.56. The smallest absolute Gasteiger partial charge is 0.460 e. The van der Waals surface area contributed by atoms with Crippen molar-refractivity contribution in [2.24, 2.45) is 23.2 Å². The second-order valence-corrected chi connectivity index (χ2v) is 15.6. The van der Waals surface area contributed by atoms with Crippen LogP contribution < -0.4 is 0 Å². The second kappa shape index (κ2) is 14.0. The molecule has 1 aromatic rings. The molecular formula is C36H48F9NO4. The van der Waals surface area contributed by atoms with Crippen molar-refractivity contribution in [3.8, 4) is 5.75 Å². The van der Waals surface area contributed by atoms with E-state index in [4.69, 9.17) is 4.74 Å². The van der Waals surface area contributed by atoms with Crippen molar-refractivity contribution in [3.63, 3.8) is 0 Å². The first-order valence-corrected chi connectivity index (χ1v) is 17.8. The largest absolute Gasteiger partial charge is 0.508 e. The van der Waals surface area contributed by atoms with E-state index in [2.05, 4.69) is 6.92 Å². The van der Waals surface area contributed by atoms with E-state index in [1.807, 2.05) is 24.1 Å². The zero-order valence-corrected chi connectivity index (χ0v) is 28.5. The highest BCUT2D eigenvalue weighted by molar-refractivity contribution is 5.74. The van der Waals surface area contributed by atoms with Gasteiger partial charge in [0, 0.05) is 11.8 Å². The number of hydrogen-bond donors (Lipinski definition) is 2. The molecule has 50 heavy (non-hydrogen) atoms. The number of phenols is 1. The third kappa shape index (κ3) is 6.85. The molecule has 5 rings (SSSR count). The van der Waals surface area contributed by atoms with Crippen LogP contribution in [0.2, 0.25) is 0 Å². The van der Waals surface area contributed by atoms with Gasteiger partial charge in [-0.25, -0.2) is 0 Å². The molecule has 1 aromatic carbocycles. The molecule has 7 atom stereocenters. The molecule has 0 amide bonds. The Balaban J connectivity index is 1.07. The second-order valence-electron chi connectivity index (χ2n) is 15.6. The van der Waals surface area contributed by atoms with Crippen LogP contribution in [0, 0.1) is 23.2 Å². The summed E-state index contributed by atoms with van der Waals surface area (Å²) in [6.45, 7) is 3.46. The monoisotopic (exact) mass is 729 g/mol.